The molecule has 216 valence electrons. The molecule has 1 unspecified atom stereocenters. The van der Waals surface area contributed by atoms with Gasteiger partial charge >= 0.3 is 0 Å². The van der Waals surface area contributed by atoms with Crippen LogP contribution < -0.4 is 10.3 Å². The molecule has 1 atom stereocenters. The topological polar surface area (TPSA) is 81.5 Å². The first kappa shape index (κ1) is 29.2. The van der Waals surface area contributed by atoms with Crippen LogP contribution in [0.25, 0.3) is 16.6 Å². The standard InChI is InChI=1S/C34H35N3O4S/c1-24(28-15-10-12-18-31(28)42(39,40)36(5)34(2,3)4)32-35-30-17-11-9-16-29(30)33(38)37(32)26-19-21-27(22-20-26)41-23-25-13-7-6-8-14-25/h6-22,24H,23H2,1-5H3. The summed E-state index contributed by atoms with van der Waals surface area (Å²) in [7, 11) is -2.26. The summed E-state index contributed by atoms with van der Waals surface area (Å²) in [4.78, 5) is 19.1. The smallest absolute Gasteiger partial charge is 0.265 e. The molecule has 1 heterocycles. The molecule has 7 nitrogen and oxygen atoms in total. The van der Waals surface area contributed by atoms with Gasteiger partial charge in [0, 0.05) is 18.5 Å². The zero-order valence-electron chi connectivity index (χ0n) is 24.5. The molecule has 0 saturated carbocycles. The first-order valence-corrected chi connectivity index (χ1v) is 15.3. The van der Waals surface area contributed by atoms with Crippen LogP contribution in [0, 0.1) is 0 Å². The van der Waals surface area contributed by atoms with E-state index in [1.807, 2.05) is 100 Å². The number of nitrogens with zero attached hydrogens (tertiary/aromatic N) is 3. The molecule has 0 bridgehead atoms. The molecular weight excluding hydrogens is 546 g/mol. The number of ether oxygens (including phenoxy) is 1. The number of rotatable bonds is 8. The summed E-state index contributed by atoms with van der Waals surface area (Å²) in [5.41, 5.74) is 1.93. The van der Waals surface area contributed by atoms with Crippen molar-refractivity contribution in [2.45, 2.75) is 50.7 Å². The minimum Gasteiger partial charge on any atom is -0.489 e. The molecule has 0 amide bonds. The van der Waals surface area contributed by atoms with Crippen molar-refractivity contribution in [3.8, 4) is 11.4 Å². The molecular formula is C34H35N3O4S. The number of sulfonamides is 1. The molecule has 0 aliphatic carbocycles. The van der Waals surface area contributed by atoms with Gasteiger partial charge in [0.2, 0.25) is 10.0 Å². The number of hydrogen-bond acceptors (Lipinski definition) is 5. The molecule has 42 heavy (non-hydrogen) atoms. The fraction of sp³-hybridized carbons (Fsp3) is 0.235. The normalized spacial score (nSPS) is 12.9. The van der Waals surface area contributed by atoms with Crippen molar-refractivity contribution < 1.29 is 13.2 Å². The highest BCUT2D eigenvalue weighted by atomic mass is 32.2. The van der Waals surface area contributed by atoms with Gasteiger partial charge in [-0.25, -0.2) is 13.4 Å². The summed E-state index contributed by atoms with van der Waals surface area (Å²) in [6, 6.07) is 31.3. The third-order valence-electron chi connectivity index (χ3n) is 7.50. The highest BCUT2D eigenvalue weighted by Gasteiger charge is 2.33. The van der Waals surface area contributed by atoms with Crippen LogP contribution in [-0.2, 0) is 16.6 Å². The molecule has 0 N–H and O–H groups in total. The summed E-state index contributed by atoms with van der Waals surface area (Å²) in [6.45, 7) is 7.87. The summed E-state index contributed by atoms with van der Waals surface area (Å²) in [5.74, 6) is 0.578. The predicted molar refractivity (Wildman–Crippen MR) is 167 cm³/mol. The van der Waals surface area contributed by atoms with Crippen LogP contribution in [0.1, 0.15) is 50.6 Å². The second-order valence-corrected chi connectivity index (χ2v) is 13.2. The fourth-order valence-electron chi connectivity index (χ4n) is 4.84. The highest BCUT2D eigenvalue weighted by molar-refractivity contribution is 7.89. The second-order valence-electron chi connectivity index (χ2n) is 11.3. The summed E-state index contributed by atoms with van der Waals surface area (Å²) in [6.07, 6.45) is 0. The van der Waals surface area contributed by atoms with E-state index in [1.54, 1.807) is 41.9 Å². The van der Waals surface area contributed by atoms with E-state index in [9.17, 15) is 13.2 Å². The van der Waals surface area contributed by atoms with E-state index in [1.165, 1.54) is 4.31 Å². The number of fused-ring (bicyclic) bond motifs is 1. The minimum atomic E-state index is -3.84. The Morgan fingerprint density at radius 2 is 1.48 bits per heavy atom. The van der Waals surface area contributed by atoms with Gasteiger partial charge < -0.3 is 4.74 Å². The Kier molecular flexibility index (Phi) is 8.03. The van der Waals surface area contributed by atoms with Gasteiger partial charge in [-0.05, 0) is 74.4 Å². The van der Waals surface area contributed by atoms with Crippen molar-refractivity contribution in [3.63, 3.8) is 0 Å². The van der Waals surface area contributed by atoms with Gasteiger partial charge in [-0.3, -0.25) is 9.36 Å². The van der Waals surface area contributed by atoms with Crippen molar-refractivity contribution >= 4 is 20.9 Å². The first-order valence-electron chi connectivity index (χ1n) is 13.9. The van der Waals surface area contributed by atoms with Crippen molar-refractivity contribution in [1.29, 1.82) is 0 Å². The minimum absolute atomic E-state index is 0.188. The maximum Gasteiger partial charge on any atom is 0.265 e. The highest BCUT2D eigenvalue weighted by Crippen LogP contribution is 2.33. The monoisotopic (exact) mass is 581 g/mol. The SMILES string of the molecule is CC(c1ccccc1S(=O)(=O)N(C)C(C)(C)C)c1nc2ccccc2c(=O)n1-c1ccc(OCc2ccccc2)cc1. The molecule has 0 radical (unpaired) electrons. The molecule has 0 fully saturated rings. The lowest BCUT2D eigenvalue weighted by Gasteiger charge is -2.32. The van der Waals surface area contributed by atoms with E-state index in [-0.39, 0.29) is 10.5 Å². The summed E-state index contributed by atoms with van der Waals surface area (Å²) >= 11 is 0. The maximum absolute atomic E-state index is 14.0. The zero-order valence-corrected chi connectivity index (χ0v) is 25.3. The average Bonchev–Trinajstić information content (AvgIpc) is 2.99. The van der Waals surface area contributed by atoms with Crippen LogP contribution in [0.3, 0.4) is 0 Å². The molecule has 0 aliphatic heterocycles. The van der Waals surface area contributed by atoms with E-state index in [4.69, 9.17) is 9.72 Å². The largest absolute Gasteiger partial charge is 0.489 e. The van der Waals surface area contributed by atoms with Crippen LogP contribution in [0.4, 0.5) is 0 Å². The molecule has 0 spiro atoms. The van der Waals surface area contributed by atoms with Gasteiger partial charge in [0.05, 0.1) is 21.5 Å². The third-order valence-corrected chi connectivity index (χ3v) is 9.70. The van der Waals surface area contributed by atoms with Gasteiger partial charge in [0.1, 0.15) is 18.2 Å². The second kappa shape index (κ2) is 11.5. The van der Waals surface area contributed by atoms with Gasteiger partial charge in [0.15, 0.2) is 0 Å². The lowest BCUT2D eigenvalue weighted by molar-refractivity contribution is 0.291. The van der Waals surface area contributed by atoms with Crippen LogP contribution in [0.5, 0.6) is 5.75 Å². The number of benzene rings is 4. The maximum atomic E-state index is 14.0. The Morgan fingerprint density at radius 1 is 0.857 bits per heavy atom. The van der Waals surface area contributed by atoms with Crippen molar-refractivity contribution in [3.05, 3.63) is 130 Å². The van der Waals surface area contributed by atoms with Crippen LogP contribution in [0.15, 0.2) is 113 Å². The van der Waals surface area contributed by atoms with Gasteiger partial charge in [-0.15, -0.1) is 0 Å². The molecule has 0 aliphatic rings. The van der Waals surface area contributed by atoms with Crippen molar-refractivity contribution in [2.24, 2.45) is 0 Å². The Balaban J connectivity index is 1.61. The first-order chi connectivity index (χ1) is 20.0. The molecule has 4 aromatic carbocycles. The molecule has 8 heteroatoms. The predicted octanol–water partition coefficient (Wildman–Crippen LogP) is 6.54. The summed E-state index contributed by atoms with van der Waals surface area (Å²) in [5, 5.41) is 0.478. The van der Waals surface area contributed by atoms with E-state index in [0.717, 1.165) is 5.56 Å². The van der Waals surface area contributed by atoms with Crippen molar-refractivity contribution in [2.75, 3.05) is 7.05 Å². The zero-order chi connectivity index (χ0) is 30.1. The van der Waals surface area contributed by atoms with Gasteiger partial charge in [0.25, 0.3) is 5.56 Å². The lowest BCUT2D eigenvalue weighted by atomic mass is 9.99. The molecule has 0 saturated heterocycles. The lowest BCUT2D eigenvalue weighted by Crippen LogP contribution is -2.42. The quantitative estimate of drug-likeness (QED) is 0.208. The Morgan fingerprint density at radius 3 is 2.17 bits per heavy atom. The van der Waals surface area contributed by atoms with Crippen LogP contribution in [-0.4, -0.2) is 34.9 Å². The van der Waals surface area contributed by atoms with Crippen LogP contribution in [0.2, 0.25) is 0 Å². The Bertz CT molecular complexity index is 1880. The van der Waals surface area contributed by atoms with E-state index in [2.05, 4.69) is 0 Å². The van der Waals surface area contributed by atoms with E-state index >= 15 is 0 Å². The number of aromatic nitrogens is 2. The molecule has 5 rings (SSSR count). The van der Waals surface area contributed by atoms with Crippen molar-refractivity contribution in [1.82, 2.24) is 13.9 Å². The Labute approximate surface area is 247 Å². The number of hydrogen-bond donors (Lipinski definition) is 0. The van der Waals surface area contributed by atoms with Gasteiger partial charge in [-0.1, -0.05) is 67.6 Å². The van der Waals surface area contributed by atoms with Gasteiger partial charge in [-0.2, -0.15) is 4.31 Å². The number of para-hydroxylation sites is 1. The van der Waals surface area contributed by atoms with E-state index < -0.39 is 21.5 Å². The fourth-order valence-corrected chi connectivity index (χ4v) is 6.65. The third kappa shape index (κ3) is 5.73. The van der Waals surface area contributed by atoms with Crippen LogP contribution >= 0.6 is 0 Å². The average molecular weight is 582 g/mol. The summed E-state index contributed by atoms with van der Waals surface area (Å²) < 4.78 is 36.5. The van der Waals surface area contributed by atoms with E-state index in [0.29, 0.717) is 40.3 Å². The molecule has 5 aromatic rings. The Hall–Kier alpha value is -4.27. The molecule has 1 aromatic heterocycles.